The number of hydrogen-bond donors (Lipinski definition) is 4. The fourth-order valence-electron chi connectivity index (χ4n) is 2.13. The van der Waals surface area contributed by atoms with E-state index in [-0.39, 0.29) is 23.9 Å². The number of thiazole rings is 1. The number of fused-ring (bicyclic) bond motifs is 1. The zero-order valence-electron chi connectivity index (χ0n) is 12.0. The van der Waals surface area contributed by atoms with E-state index in [1.54, 1.807) is 24.3 Å². The lowest BCUT2D eigenvalue weighted by Crippen LogP contribution is -2.50. The van der Waals surface area contributed by atoms with Gasteiger partial charge in [0.2, 0.25) is 0 Å². The van der Waals surface area contributed by atoms with E-state index in [9.17, 15) is 14.8 Å². The molecule has 9 nitrogen and oxygen atoms in total. The Labute approximate surface area is 135 Å². The molecule has 1 heterocycles. The van der Waals surface area contributed by atoms with Crippen molar-refractivity contribution in [1.29, 1.82) is 0 Å². The SMILES string of the molecule is NC(N)=NCCC(N)[C@](N=O)(C(=O)O)c1nc2ccccc2s1. The zero-order valence-corrected chi connectivity index (χ0v) is 12.9. The van der Waals surface area contributed by atoms with Crippen molar-refractivity contribution in [2.45, 2.75) is 18.0 Å². The number of aliphatic imine (C=N–C) groups is 1. The number of nitrogens with zero attached hydrogens (tertiary/aromatic N) is 3. The van der Waals surface area contributed by atoms with Gasteiger partial charge >= 0.3 is 5.97 Å². The van der Waals surface area contributed by atoms with Crippen LogP contribution in [0, 0.1) is 4.91 Å². The van der Waals surface area contributed by atoms with Crippen molar-refractivity contribution >= 4 is 33.5 Å². The molecule has 0 saturated heterocycles. The monoisotopic (exact) mass is 336 g/mol. The van der Waals surface area contributed by atoms with Gasteiger partial charge in [-0.3, -0.25) is 4.99 Å². The molecule has 0 aliphatic rings. The lowest BCUT2D eigenvalue weighted by Gasteiger charge is -2.25. The summed E-state index contributed by atoms with van der Waals surface area (Å²) in [4.78, 5) is 31.2. The molecule has 122 valence electrons. The molecule has 0 fully saturated rings. The predicted molar refractivity (Wildman–Crippen MR) is 88.0 cm³/mol. The lowest BCUT2D eigenvalue weighted by molar-refractivity contribution is -0.144. The van der Waals surface area contributed by atoms with Gasteiger partial charge in [0.15, 0.2) is 5.96 Å². The Balaban J connectivity index is 2.44. The standard InChI is InChI=1S/C13H16N6O3S/c14-9(5-6-17-12(15)16)13(19-22,11(20)21)10-18-7-3-1-2-4-8(7)23-10/h1-4,9H,5-6,14H2,(H,20,21)(H4,15,16,17)/t9?,13-/m1/s1. The molecule has 1 unspecified atom stereocenters. The molecule has 7 N–H and O–H groups in total. The molecule has 0 spiro atoms. The van der Waals surface area contributed by atoms with Gasteiger partial charge < -0.3 is 22.3 Å². The number of nitrogens with two attached hydrogens (primary N) is 3. The molecule has 1 aromatic heterocycles. The van der Waals surface area contributed by atoms with Crippen LogP contribution in [0.1, 0.15) is 11.4 Å². The number of guanidine groups is 1. The van der Waals surface area contributed by atoms with Crippen molar-refractivity contribution < 1.29 is 9.90 Å². The van der Waals surface area contributed by atoms with E-state index in [1.165, 1.54) is 0 Å². The predicted octanol–water partition coefficient (Wildman–Crippen LogP) is 0.333. The summed E-state index contributed by atoms with van der Waals surface area (Å²) < 4.78 is 0.744. The van der Waals surface area contributed by atoms with Gasteiger partial charge in [0.1, 0.15) is 5.01 Å². The molecular formula is C13H16N6O3S. The Morgan fingerprint density at radius 2 is 2.09 bits per heavy atom. The summed E-state index contributed by atoms with van der Waals surface area (Å²) in [6, 6.07) is 5.93. The van der Waals surface area contributed by atoms with Crippen molar-refractivity contribution in [2.24, 2.45) is 27.4 Å². The summed E-state index contributed by atoms with van der Waals surface area (Å²) in [5, 5.41) is 12.5. The third-order valence-electron chi connectivity index (χ3n) is 3.36. The second-order valence-electron chi connectivity index (χ2n) is 4.85. The Morgan fingerprint density at radius 3 is 2.65 bits per heavy atom. The van der Waals surface area contributed by atoms with Crippen LogP contribution in [0.4, 0.5) is 0 Å². The van der Waals surface area contributed by atoms with E-state index < -0.39 is 17.6 Å². The van der Waals surface area contributed by atoms with Gasteiger partial charge in [0.25, 0.3) is 5.54 Å². The molecule has 1 aromatic carbocycles. The largest absolute Gasteiger partial charge is 0.479 e. The number of aromatic nitrogens is 1. The van der Waals surface area contributed by atoms with Gasteiger partial charge in [0, 0.05) is 6.54 Å². The number of carboxylic acid groups (broad SMARTS) is 1. The fourth-order valence-corrected chi connectivity index (χ4v) is 3.28. The first-order valence-corrected chi connectivity index (χ1v) is 7.48. The van der Waals surface area contributed by atoms with Gasteiger partial charge in [-0.2, -0.15) is 0 Å². The topological polar surface area (TPSA) is 170 Å². The van der Waals surface area contributed by atoms with E-state index in [4.69, 9.17) is 17.2 Å². The fraction of sp³-hybridized carbons (Fsp3) is 0.308. The molecular weight excluding hydrogens is 320 g/mol. The van der Waals surface area contributed by atoms with E-state index in [0.29, 0.717) is 5.52 Å². The van der Waals surface area contributed by atoms with Crippen LogP contribution in [0.3, 0.4) is 0 Å². The molecule has 2 atom stereocenters. The smallest absolute Gasteiger partial charge is 0.344 e. The highest BCUT2D eigenvalue weighted by molar-refractivity contribution is 7.18. The van der Waals surface area contributed by atoms with Crippen LogP contribution in [0.15, 0.2) is 34.4 Å². The highest BCUT2D eigenvalue weighted by atomic mass is 32.1. The van der Waals surface area contributed by atoms with Crippen molar-refractivity contribution in [3.8, 4) is 0 Å². The molecule has 0 radical (unpaired) electrons. The van der Waals surface area contributed by atoms with Gasteiger partial charge in [-0.1, -0.05) is 12.1 Å². The maximum atomic E-state index is 11.8. The first-order valence-electron chi connectivity index (χ1n) is 6.66. The molecule has 23 heavy (non-hydrogen) atoms. The molecule has 0 aliphatic heterocycles. The quantitative estimate of drug-likeness (QED) is 0.320. The highest BCUT2D eigenvalue weighted by Gasteiger charge is 2.51. The number of carbonyl (C=O) groups is 1. The number of rotatable bonds is 7. The Hall–Kier alpha value is -2.59. The summed E-state index contributed by atoms with van der Waals surface area (Å²) in [6.07, 6.45) is 0.0614. The van der Waals surface area contributed by atoms with Crippen LogP contribution in [-0.2, 0) is 10.3 Å². The number of aliphatic carboxylic acids is 1. The minimum atomic E-state index is -2.18. The molecule has 0 bridgehead atoms. The van der Waals surface area contributed by atoms with Gasteiger partial charge in [-0.25, -0.2) is 9.78 Å². The van der Waals surface area contributed by atoms with Crippen LogP contribution < -0.4 is 17.2 Å². The number of hydrogen-bond acceptors (Lipinski definition) is 7. The third-order valence-corrected chi connectivity index (χ3v) is 4.52. The average molecular weight is 336 g/mol. The maximum absolute atomic E-state index is 11.8. The molecule has 2 aromatic rings. The Morgan fingerprint density at radius 1 is 1.39 bits per heavy atom. The average Bonchev–Trinajstić information content (AvgIpc) is 2.91. The minimum absolute atomic E-state index is 0.0402. The van der Waals surface area contributed by atoms with E-state index in [2.05, 4.69) is 15.2 Å². The van der Waals surface area contributed by atoms with Gasteiger partial charge in [0.05, 0.1) is 16.3 Å². The first kappa shape index (κ1) is 16.8. The minimum Gasteiger partial charge on any atom is -0.479 e. The highest BCUT2D eigenvalue weighted by Crippen LogP contribution is 2.36. The molecule has 2 rings (SSSR count). The second-order valence-corrected chi connectivity index (χ2v) is 5.88. The van der Waals surface area contributed by atoms with E-state index >= 15 is 0 Å². The maximum Gasteiger partial charge on any atom is 0.344 e. The molecule has 0 aliphatic carbocycles. The second kappa shape index (κ2) is 6.67. The van der Waals surface area contributed by atoms with Crippen LogP contribution in [0.5, 0.6) is 0 Å². The summed E-state index contributed by atoms with van der Waals surface area (Å²) >= 11 is 1.07. The Kier molecular flexibility index (Phi) is 4.86. The van der Waals surface area contributed by atoms with E-state index in [1.807, 2.05) is 0 Å². The van der Waals surface area contributed by atoms with Crippen molar-refractivity contribution in [1.82, 2.24) is 4.98 Å². The number of nitroso groups, excluding NO2 is 1. The van der Waals surface area contributed by atoms with Crippen molar-refractivity contribution in [2.75, 3.05) is 6.54 Å². The van der Waals surface area contributed by atoms with Crippen molar-refractivity contribution in [3.05, 3.63) is 34.2 Å². The molecule has 0 amide bonds. The first-order chi connectivity index (χ1) is 10.9. The number of para-hydroxylation sites is 1. The number of carboxylic acids is 1. The normalized spacial score (nSPS) is 14.8. The Bertz CT molecular complexity index is 724. The lowest BCUT2D eigenvalue weighted by atomic mass is 9.90. The van der Waals surface area contributed by atoms with E-state index in [0.717, 1.165) is 16.0 Å². The number of benzene rings is 1. The molecule has 10 heteroatoms. The third kappa shape index (κ3) is 3.12. The molecule has 0 saturated carbocycles. The van der Waals surface area contributed by atoms with Gasteiger partial charge in [-0.15, -0.1) is 16.2 Å². The van der Waals surface area contributed by atoms with Crippen molar-refractivity contribution in [3.63, 3.8) is 0 Å². The summed E-state index contributed by atoms with van der Waals surface area (Å²) in [7, 11) is 0. The van der Waals surface area contributed by atoms with Crippen LogP contribution in [0.2, 0.25) is 0 Å². The van der Waals surface area contributed by atoms with Gasteiger partial charge in [-0.05, 0) is 23.7 Å². The van der Waals surface area contributed by atoms with Crippen LogP contribution >= 0.6 is 11.3 Å². The summed E-state index contributed by atoms with van der Waals surface area (Å²) in [5.41, 5.74) is 14.8. The summed E-state index contributed by atoms with van der Waals surface area (Å²) in [6.45, 7) is 0.0823. The van der Waals surface area contributed by atoms with Crippen LogP contribution in [0.25, 0.3) is 10.2 Å². The zero-order chi connectivity index (χ0) is 17.0. The van der Waals surface area contributed by atoms with Crippen LogP contribution in [-0.4, -0.2) is 34.6 Å². The summed E-state index contributed by atoms with van der Waals surface area (Å²) in [5.74, 6) is -1.60.